The maximum atomic E-state index is 11.1. The molecule has 1 heterocycles. The number of anilines is 2. The van der Waals surface area contributed by atoms with Crippen molar-refractivity contribution < 1.29 is 13.2 Å². The number of hydrogen-bond acceptors (Lipinski definition) is 6. The lowest BCUT2D eigenvalue weighted by atomic mass is 10.2. The van der Waals surface area contributed by atoms with E-state index >= 15 is 0 Å². The van der Waals surface area contributed by atoms with Gasteiger partial charge in [-0.2, -0.15) is 0 Å². The third-order valence-corrected chi connectivity index (χ3v) is 4.44. The molecule has 0 saturated heterocycles. The number of hydrogen-bond donors (Lipinski definition) is 1. The first-order valence-electron chi connectivity index (χ1n) is 7.49. The number of nitrogens with one attached hydrogen (secondary N) is 1. The van der Waals surface area contributed by atoms with Crippen LogP contribution in [-0.2, 0) is 9.84 Å². The second kappa shape index (κ2) is 6.54. The van der Waals surface area contributed by atoms with E-state index in [0.717, 1.165) is 17.2 Å². The van der Waals surface area contributed by atoms with Crippen LogP contribution in [0.2, 0.25) is 0 Å². The molecule has 122 valence electrons. The molecule has 0 radical (unpaired) electrons. The fraction of sp³-hybridized carbons (Fsp3) is 0.375. The minimum atomic E-state index is -3.00. The van der Waals surface area contributed by atoms with E-state index in [-0.39, 0.29) is 12.4 Å². The zero-order valence-electron chi connectivity index (χ0n) is 12.9. The van der Waals surface area contributed by atoms with Crippen LogP contribution in [0.15, 0.2) is 36.7 Å². The summed E-state index contributed by atoms with van der Waals surface area (Å²) in [7, 11) is -3.00. The highest BCUT2D eigenvalue weighted by atomic mass is 32.2. The van der Waals surface area contributed by atoms with E-state index in [1.807, 2.05) is 18.2 Å². The topological polar surface area (TPSA) is 81.2 Å². The van der Waals surface area contributed by atoms with E-state index in [1.165, 1.54) is 19.1 Å². The molecule has 6 nitrogen and oxygen atoms in total. The first-order chi connectivity index (χ1) is 11.0. The van der Waals surface area contributed by atoms with Gasteiger partial charge in [0.2, 0.25) is 0 Å². The summed E-state index contributed by atoms with van der Waals surface area (Å²) in [6.07, 6.45) is 5.19. The van der Waals surface area contributed by atoms with Crippen LogP contribution in [0.1, 0.15) is 24.5 Å². The van der Waals surface area contributed by atoms with Gasteiger partial charge in [0.05, 0.1) is 5.75 Å². The van der Waals surface area contributed by atoms with Gasteiger partial charge in [-0.15, -0.1) is 0 Å². The molecule has 2 aromatic rings. The molecule has 0 bridgehead atoms. The Kier molecular flexibility index (Phi) is 4.47. The predicted molar refractivity (Wildman–Crippen MR) is 88.9 cm³/mol. The van der Waals surface area contributed by atoms with Crippen molar-refractivity contribution in [1.29, 1.82) is 0 Å². The molecule has 0 atom stereocenters. The van der Waals surface area contributed by atoms with Crippen molar-refractivity contribution in [2.24, 2.45) is 0 Å². The molecule has 23 heavy (non-hydrogen) atoms. The molecule has 1 aromatic carbocycles. The lowest BCUT2D eigenvalue weighted by molar-refractivity contribution is 0.341. The molecular weight excluding hydrogens is 314 g/mol. The summed E-state index contributed by atoms with van der Waals surface area (Å²) in [6, 6.07) is 9.32. The van der Waals surface area contributed by atoms with Crippen LogP contribution >= 0.6 is 0 Å². The normalized spacial score (nSPS) is 14.5. The molecule has 0 spiro atoms. The Balaban J connectivity index is 1.58. The molecule has 0 aliphatic heterocycles. The van der Waals surface area contributed by atoms with E-state index in [2.05, 4.69) is 15.3 Å². The molecule has 1 aliphatic rings. The molecule has 0 unspecified atom stereocenters. The van der Waals surface area contributed by atoms with Crippen molar-refractivity contribution in [3.05, 3.63) is 42.4 Å². The predicted octanol–water partition coefficient (Wildman–Crippen LogP) is 2.52. The van der Waals surface area contributed by atoms with Crippen molar-refractivity contribution in [1.82, 2.24) is 9.97 Å². The number of ether oxygens (including phenoxy) is 1. The number of benzene rings is 1. The first kappa shape index (κ1) is 15.7. The molecule has 1 aliphatic carbocycles. The monoisotopic (exact) mass is 333 g/mol. The van der Waals surface area contributed by atoms with Gasteiger partial charge in [-0.05, 0) is 37.1 Å². The van der Waals surface area contributed by atoms with Crippen LogP contribution in [0.5, 0.6) is 5.75 Å². The molecule has 3 rings (SSSR count). The minimum absolute atomic E-state index is 0.0118. The van der Waals surface area contributed by atoms with Gasteiger partial charge in [0, 0.05) is 29.6 Å². The van der Waals surface area contributed by atoms with Gasteiger partial charge >= 0.3 is 0 Å². The molecule has 7 heteroatoms. The summed E-state index contributed by atoms with van der Waals surface area (Å²) in [5.41, 5.74) is 1.98. The van der Waals surface area contributed by atoms with E-state index < -0.39 is 9.84 Å². The number of nitrogens with zero attached hydrogens (tertiary/aromatic N) is 2. The molecule has 1 fully saturated rings. The zero-order valence-corrected chi connectivity index (χ0v) is 13.7. The number of sulfone groups is 1. The van der Waals surface area contributed by atoms with Gasteiger partial charge in [-0.1, -0.05) is 0 Å². The molecular formula is C16H19N3O3S. The maximum absolute atomic E-state index is 11.1. The van der Waals surface area contributed by atoms with E-state index in [0.29, 0.717) is 11.7 Å². The molecule has 1 saturated carbocycles. The summed E-state index contributed by atoms with van der Waals surface area (Å²) in [6.45, 7) is 0.155. The summed E-state index contributed by atoms with van der Waals surface area (Å²) < 4.78 is 27.5. The zero-order chi connectivity index (χ0) is 16.3. The van der Waals surface area contributed by atoms with Gasteiger partial charge < -0.3 is 10.1 Å². The van der Waals surface area contributed by atoms with Crippen LogP contribution < -0.4 is 10.1 Å². The molecule has 0 amide bonds. The summed E-state index contributed by atoms with van der Waals surface area (Å²) in [5.74, 6) is 2.01. The van der Waals surface area contributed by atoms with E-state index in [4.69, 9.17) is 4.74 Å². The van der Waals surface area contributed by atoms with Crippen molar-refractivity contribution in [3.63, 3.8) is 0 Å². The van der Waals surface area contributed by atoms with E-state index in [9.17, 15) is 8.42 Å². The highest BCUT2D eigenvalue weighted by Crippen LogP contribution is 2.39. The maximum Gasteiger partial charge on any atom is 0.150 e. The summed E-state index contributed by atoms with van der Waals surface area (Å²) in [5, 5.41) is 3.23. The highest BCUT2D eigenvalue weighted by molar-refractivity contribution is 7.90. The Labute approximate surface area is 135 Å². The van der Waals surface area contributed by atoms with Crippen molar-refractivity contribution >= 4 is 21.3 Å². The Morgan fingerprint density at radius 2 is 1.96 bits per heavy atom. The summed E-state index contributed by atoms with van der Waals surface area (Å²) >= 11 is 0. The standard InChI is InChI=1S/C16H19N3O3S/c1-23(20,21)9-8-22-14-6-4-13(5-7-14)19-16-10-15(12-2-3-12)17-11-18-16/h4-7,10-12H,2-3,8-9H2,1H3,(H,17,18,19). The van der Waals surface area contributed by atoms with Crippen LogP contribution in [0.3, 0.4) is 0 Å². The van der Waals surface area contributed by atoms with Gasteiger partial charge in [-0.25, -0.2) is 18.4 Å². The van der Waals surface area contributed by atoms with Crippen LogP contribution in [-0.4, -0.2) is 37.0 Å². The van der Waals surface area contributed by atoms with Crippen molar-refractivity contribution in [2.75, 3.05) is 23.9 Å². The largest absolute Gasteiger partial charge is 0.493 e. The average molecular weight is 333 g/mol. The quantitative estimate of drug-likeness (QED) is 0.838. The Morgan fingerprint density at radius 3 is 2.61 bits per heavy atom. The van der Waals surface area contributed by atoms with Crippen LogP contribution in [0, 0.1) is 0 Å². The first-order valence-corrected chi connectivity index (χ1v) is 9.55. The number of rotatable bonds is 7. The number of aromatic nitrogens is 2. The van der Waals surface area contributed by atoms with Gasteiger partial charge in [0.15, 0.2) is 9.84 Å². The second-order valence-corrected chi connectivity index (χ2v) is 7.99. The SMILES string of the molecule is CS(=O)(=O)CCOc1ccc(Nc2cc(C3CC3)ncn2)cc1. The van der Waals surface area contributed by atoms with Crippen molar-refractivity contribution in [2.45, 2.75) is 18.8 Å². The lowest BCUT2D eigenvalue weighted by Gasteiger charge is -2.09. The highest BCUT2D eigenvalue weighted by Gasteiger charge is 2.25. The Bertz CT molecular complexity index is 771. The fourth-order valence-electron chi connectivity index (χ4n) is 2.14. The van der Waals surface area contributed by atoms with Crippen LogP contribution in [0.25, 0.3) is 0 Å². The van der Waals surface area contributed by atoms with E-state index in [1.54, 1.807) is 18.5 Å². The lowest BCUT2D eigenvalue weighted by Crippen LogP contribution is -2.11. The van der Waals surface area contributed by atoms with Crippen molar-refractivity contribution in [3.8, 4) is 5.75 Å². The van der Waals surface area contributed by atoms with Gasteiger partial charge in [0.1, 0.15) is 24.5 Å². The third-order valence-electron chi connectivity index (χ3n) is 3.53. The Morgan fingerprint density at radius 1 is 1.22 bits per heavy atom. The van der Waals surface area contributed by atoms with Gasteiger partial charge in [-0.3, -0.25) is 0 Å². The molecule has 1 aromatic heterocycles. The van der Waals surface area contributed by atoms with Crippen LogP contribution in [0.4, 0.5) is 11.5 Å². The fourth-order valence-corrected chi connectivity index (χ4v) is 2.52. The average Bonchev–Trinajstić information content (AvgIpc) is 3.33. The third kappa shape index (κ3) is 4.92. The second-order valence-electron chi connectivity index (χ2n) is 5.73. The Hall–Kier alpha value is -2.15. The minimum Gasteiger partial charge on any atom is -0.493 e. The smallest absolute Gasteiger partial charge is 0.150 e. The summed E-state index contributed by atoms with van der Waals surface area (Å²) in [4.78, 5) is 8.51. The van der Waals surface area contributed by atoms with Gasteiger partial charge in [0.25, 0.3) is 0 Å². The molecule has 1 N–H and O–H groups in total.